The molecule has 0 spiro atoms. The number of hydrogen-bond donors (Lipinski definition) is 12. The van der Waals surface area contributed by atoms with E-state index in [4.69, 9.17) is 17.2 Å². The first-order valence-electron chi connectivity index (χ1n) is 22.2. The van der Waals surface area contributed by atoms with Gasteiger partial charge in [0.05, 0.1) is 12.4 Å². The standard InChI is InChI=1S/C46H64N12O7/c1-27(2)19-37(43(61)58-40(46(64)65)21-29-24-52-35-15-6-4-12-32(29)35)56-44(62)38(20-28-23-51-34-14-5-3-11-31(28)34)57-42(60)36(16-8-10-18-48)54-45(63)39(22-30-25-50-26-53-30)55-41(59)33(49)13-7-9-17-47/h3-6,11-12,14-15,23-27,33,36-40,51-52H,7-10,13,16-22,47-49H2,1-2H3,(H,50,53)(H,54,63)(H,55,59)(H,56,62)(H,57,60)(H,58,61)(H,64,65)/t33-,36-,37-,38+,39+,40+/m0/s1. The normalized spacial score (nSPS) is 14.2. The molecule has 3 aromatic heterocycles. The van der Waals surface area contributed by atoms with Crippen molar-refractivity contribution < 1.29 is 33.9 Å². The molecule has 65 heavy (non-hydrogen) atoms. The highest BCUT2D eigenvalue weighted by molar-refractivity contribution is 5.97. The number of nitrogens with one attached hydrogen (secondary N) is 8. The predicted molar refractivity (Wildman–Crippen MR) is 247 cm³/mol. The van der Waals surface area contributed by atoms with E-state index in [9.17, 15) is 33.9 Å². The molecule has 15 N–H and O–H groups in total. The van der Waals surface area contributed by atoms with E-state index in [1.807, 2.05) is 62.4 Å². The van der Waals surface area contributed by atoms with Gasteiger partial charge in [-0.3, -0.25) is 24.0 Å². The first kappa shape index (κ1) is 49.4. The third-order valence-corrected chi connectivity index (χ3v) is 11.3. The van der Waals surface area contributed by atoms with Gasteiger partial charge in [-0.05, 0) is 80.8 Å². The molecular weight excluding hydrogens is 833 g/mol. The van der Waals surface area contributed by atoms with Crippen LogP contribution in [0.1, 0.15) is 75.6 Å². The Morgan fingerprint density at radius 2 is 1.08 bits per heavy atom. The highest BCUT2D eigenvalue weighted by Gasteiger charge is 2.34. The fraction of sp³-hybridized carbons (Fsp3) is 0.457. The smallest absolute Gasteiger partial charge is 0.326 e. The Kier molecular flexibility index (Phi) is 18.6. The van der Waals surface area contributed by atoms with Crippen molar-refractivity contribution in [2.24, 2.45) is 23.1 Å². The first-order valence-corrected chi connectivity index (χ1v) is 22.2. The minimum absolute atomic E-state index is 0.0135. The van der Waals surface area contributed by atoms with E-state index in [0.29, 0.717) is 62.0 Å². The van der Waals surface area contributed by atoms with E-state index in [1.54, 1.807) is 12.4 Å². The fourth-order valence-electron chi connectivity index (χ4n) is 7.75. The molecule has 5 aromatic rings. The van der Waals surface area contributed by atoms with Crippen LogP contribution in [-0.4, -0.2) is 110 Å². The van der Waals surface area contributed by atoms with Crippen molar-refractivity contribution in [3.8, 4) is 0 Å². The van der Waals surface area contributed by atoms with Gasteiger partial charge >= 0.3 is 5.97 Å². The summed E-state index contributed by atoms with van der Waals surface area (Å²) in [5.74, 6) is -4.66. The summed E-state index contributed by atoms with van der Waals surface area (Å²) in [7, 11) is 0. The Morgan fingerprint density at radius 3 is 1.63 bits per heavy atom. The molecule has 0 fully saturated rings. The molecule has 0 unspecified atom stereocenters. The Morgan fingerprint density at radius 1 is 0.600 bits per heavy atom. The molecule has 3 heterocycles. The number of fused-ring (bicyclic) bond motifs is 2. The van der Waals surface area contributed by atoms with Crippen LogP contribution in [-0.2, 0) is 48.0 Å². The van der Waals surface area contributed by atoms with Gasteiger partial charge in [0.15, 0.2) is 0 Å². The maximum atomic E-state index is 14.5. The Labute approximate surface area is 377 Å². The Hall–Kier alpha value is -6.57. The van der Waals surface area contributed by atoms with E-state index < -0.39 is 71.8 Å². The van der Waals surface area contributed by atoms with Crippen LogP contribution in [0.4, 0.5) is 0 Å². The lowest BCUT2D eigenvalue weighted by Crippen LogP contribution is -2.60. The van der Waals surface area contributed by atoms with Crippen LogP contribution >= 0.6 is 0 Å². The molecule has 350 valence electrons. The molecule has 19 heteroatoms. The number of para-hydroxylation sites is 2. The third kappa shape index (κ3) is 14.5. The summed E-state index contributed by atoms with van der Waals surface area (Å²) >= 11 is 0. The number of aromatic nitrogens is 4. The van der Waals surface area contributed by atoms with Crippen LogP contribution in [0.15, 0.2) is 73.4 Å². The second-order valence-electron chi connectivity index (χ2n) is 16.9. The largest absolute Gasteiger partial charge is 0.480 e. The Balaban J connectivity index is 1.39. The number of amides is 5. The lowest BCUT2D eigenvalue weighted by molar-refractivity contribution is -0.142. The number of carboxylic acids is 1. The maximum absolute atomic E-state index is 14.5. The van der Waals surface area contributed by atoms with Crippen molar-refractivity contribution in [3.63, 3.8) is 0 Å². The number of carbonyl (C=O) groups excluding carboxylic acids is 5. The number of imidazole rings is 1. The number of unbranched alkanes of at least 4 members (excludes halogenated alkanes) is 2. The quantitative estimate of drug-likeness (QED) is 0.0336. The van der Waals surface area contributed by atoms with Crippen LogP contribution in [0, 0.1) is 5.92 Å². The van der Waals surface area contributed by atoms with Crippen molar-refractivity contribution in [2.45, 2.75) is 114 Å². The summed E-state index contributed by atoms with van der Waals surface area (Å²) < 4.78 is 0. The van der Waals surface area contributed by atoms with Crippen molar-refractivity contribution in [3.05, 3.63) is 90.3 Å². The van der Waals surface area contributed by atoms with E-state index in [1.165, 1.54) is 12.5 Å². The van der Waals surface area contributed by atoms with Gasteiger partial charge in [0.25, 0.3) is 0 Å². The number of rotatable bonds is 27. The second-order valence-corrected chi connectivity index (χ2v) is 16.9. The lowest BCUT2D eigenvalue weighted by Gasteiger charge is -2.28. The molecule has 19 nitrogen and oxygen atoms in total. The number of aliphatic carboxylic acids is 1. The van der Waals surface area contributed by atoms with E-state index in [2.05, 4.69) is 46.5 Å². The van der Waals surface area contributed by atoms with Gasteiger partial charge in [0, 0.05) is 65.4 Å². The molecule has 0 bridgehead atoms. The van der Waals surface area contributed by atoms with Crippen molar-refractivity contribution in [2.75, 3.05) is 13.1 Å². The molecule has 5 rings (SSSR count). The zero-order valence-electron chi connectivity index (χ0n) is 37.0. The number of hydrogen-bond acceptors (Lipinski definition) is 10. The average molecular weight is 897 g/mol. The molecule has 2 aromatic carbocycles. The van der Waals surface area contributed by atoms with Crippen molar-refractivity contribution in [1.82, 2.24) is 46.5 Å². The van der Waals surface area contributed by atoms with Crippen LogP contribution in [0.25, 0.3) is 21.8 Å². The summed E-state index contributed by atoms with van der Waals surface area (Å²) in [5, 5.41) is 25.7. The number of nitrogens with two attached hydrogens (primary N) is 3. The summed E-state index contributed by atoms with van der Waals surface area (Å²) in [5.41, 5.74) is 21.2. The van der Waals surface area contributed by atoms with Crippen molar-refractivity contribution >= 4 is 57.3 Å². The minimum atomic E-state index is -1.32. The van der Waals surface area contributed by atoms with Gasteiger partial charge in [-0.2, -0.15) is 0 Å². The molecule has 0 aliphatic heterocycles. The zero-order chi connectivity index (χ0) is 46.9. The summed E-state index contributed by atoms with van der Waals surface area (Å²) in [4.78, 5) is 96.1. The monoisotopic (exact) mass is 897 g/mol. The van der Waals surface area contributed by atoms with Gasteiger partial charge in [0.1, 0.15) is 30.2 Å². The van der Waals surface area contributed by atoms with Gasteiger partial charge < -0.3 is 63.8 Å². The highest BCUT2D eigenvalue weighted by Crippen LogP contribution is 2.21. The third-order valence-electron chi connectivity index (χ3n) is 11.3. The molecule has 0 saturated heterocycles. The van der Waals surface area contributed by atoms with Crippen LogP contribution in [0.3, 0.4) is 0 Å². The number of carbonyl (C=O) groups is 6. The molecule has 0 aliphatic carbocycles. The molecule has 6 atom stereocenters. The minimum Gasteiger partial charge on any atom is -0.480 e. The number of benzene rings is 2. The molecule has 0 aliphatic rings. The van der Waals surface area contributed by atoms with Crippen molar-refractivity contribution in [1.29, 1.82) is 0 Å². The zero-order valence-corrected chi connectivity index (χ0v) is 37.0. The fourth-order valence-corrected chi connectivity index (χ4v) is 7.75. The summed E-state index contributed by atoms with van der Waals surface area (Å²) in [6.07, 6.45) is 9.33. The molecule has 0 radical (unpaired) electrons. The summed E-state index contributed by atoms with van der Waals surface area (Å²) in [6, 6.07) is 7.89. The number of nitrogens with zero attached hydrogens (tertiary/aromatic N) is 1. The maximum Gasteiger partial charge on any atom is 0.326 e. The predicted octanol–water partition coefficient (Wildman–Crippen LogP) is 1.54. The van der Waals surface area contributed by atoms with Crippen LogP contribution < -0.4 is 43.8 Å². The Bertz CT molecular complexity index is 2340. The van der Waals surface area contributed by atoms with Gasteiger partial charge in [-0.15, -0.1) is 0 Å². The van der Waals surface area contributed by atoms with Crippen LogP contribution in [0.5, 0.6) is 0 Å². The number of carboxylic acid groups (broad SMARTS) is 1. The summed E-state index contributed by atoms with van der Waals surface area (Å²) in [6.45, 7) is 4.51. The topological polar surface area (TPSA) is 321 Å². The molecule has 5 amide bonds. The number of H-pyrrole nitrogens is 3. The highest BCUT2D eigenvalue weighted by atomic mass is 16.4. The first-order chi connectivity index (χ1) is 31.3. The van der Waals surface area contributed by atoms with E-state index in [-0.39, 0.29) is 38.0 Å². The SMILES string of the molecule is CC(C)C[C@H](NC(=O)[C@@H](Cc1c[nH]c2ccccc12)NC(=O)[C@H](CCCCN)NC(=O)[C@@H](Cc1cnc[nH]1)NC(=O)[C@@H](N)CCCCN)C(=O)N[C@H](Cc1c[nH]c2ccccc12)C(=O)O. The van der Waals surface area contributed by atoms with E-state index >= 15 is 0 Å². The lowest BCUT2D eigenvalue weighted by atomic mass is 9.99. The number of aromatic amines is 3. The molecular formula is C46H64N12O7. The molecule has 0 saturated carbocycles. The van der Waals surface area contributed by atoms with Gasteiger partial charge in [-0.1, -0.05) is 56.7 Å². The van der Waals surface area contributed by atoms with E-state index in [0.717, 1.165) is 21.8 Å². The second kappa shape index (κ2) is 24.5. The van der Waals surface area contributed by atoms with Gasteiger partial charge in [-0.25, -0.2) is 9.78 Å². The van der Waals surface area contributed by atoms with Gasteiger partial charge in [0.2, 0.25) is 29.5 Å². The van der Waals surface area contributed by atoms with Crippen LogP contribution in [0.2, 0.25) is 0 Å². The average Bonchev–Trinajstić information content (AvgIpc) is 4.06.